The van der Waals surface area contributed by atoms with Crippen LogP contribution in [0.15, 0.2) is 18.3 Å². The first kappa shape index (κ1) is 12.3. The van der Waals surface area contributed by atoms with Crippen molar-refractivity contribution in [2.75, 3.05) is 24.2 Å². The molecule has 1 saturated carbocycles. The van der Waals surface area contributed by atoms with Gasteiger partial charge in [-0.05, 0) is 25.0 Å². The van der Waals surface area contributed by atoms with Crippen LogP contribution in [-0.2, 0) is 0 Å². The molecule has 0 saturated heterocycles. The van der Waals surface area contributed by atoms with Crippen molar-refractivity contribution in [2.45, 2.75) is 31.3 Å². The maximum Gasteiger partial charge on any atom is 0.0821 e. The number of benzene rings is 1. The van der Waals surface area contributed by atoms with Crippen LogP contribution in [0.4, 0.5) is 11.4 Å². The zero-order valence-electron chi connectivity index (χ0n) is 11.2. The number of hydrogen-bond donors (Lipinski definition) is 3. The number of nitrogens with two attached hydrogens (primary N) is 1. The van der Waals surface area contributed by atoms with Crippen molar-refractivity contribution in [1.29, 1.82) is 0 Å². The molecule has 1 heterocycles. The topological polar surface area (TPSA) is 78.2 Å². The maximum absolute atomic E-state index is 10.5. The van der Waals surface area contributed by atoms with E-state index in [1.54, 1.807) is 6.20 Å². The first-order chi connectivity index (χ1) is 9.07. The molecule has 0 radical (unpaired) electrons. The average molecular weight is 260 g/mol. The summed E-state index contributed by atoms with van der Waals surface area (Å²) >= 11 is 0. The Morgan fingerprint density at radius 2 is 2.16 bits per heavy atom. The molecule has 19 heavy (non-hydrogen) atoms. The molecule has 5 heteroatoms. The minimum atomic E-state index is -0.565. The van der Waals surface area contributed by atoms with Crippen molar-refractivity contribution < 1.29 is 5.11 Å². The summed E-state index contributed by atoms with van der Waals surface area (Å²) in [5.41, 5.74) is 8.16. The summed E-state index contributed by atoms with van der Waals surface area (Å²) in [6.07, 6.45) is 5.74. The second kappa shape index (κ2) is 4.42. The minimum absolute atomic E-state index is 0.565. The maximum atomic E-state index is 10.5. The van der Waals surface area contributed by atoms with Crippen molar-refractivity contribution >= 4 is 22.3 Å². The molecule has 0 unspecified atom stereocenters. The summed E-state index contributed by atoms with van der Waals surface area (Å²) in [6, 6.07) is 3.92. The zero-order chi connectivity index (χ0) is 13.5. The molecule has 0 aliphatic heterocycles. The van der Waals surface area contributed by atoms with Crippen LogP contribution in [0.3, 0.4) is 0 Å². The SMILES string of the molecule is CN(CC1(O)CCCC1)c1cc2[nH]ncc2cc1N. The number of nitrogen functional groups attached to an aromatic ring is 1. The Labute approximate surface area is 112 Å². The second-order valence-electron chi connectivity index (χ2n) is 5.66. The van der Waals surface area contributed by atoms with Crippen LogP contribution in [0.5, 0.6) is 0 Å². The molecule has 102 valence electrons. The third-order valence-electron chi connectivity index (χ3n) is 4.06. The van der Waals surface area contributed by atoms with E-state index in [9.17, 15) is 5.11 Å². The smallest absolute Gasteiger partial charge is 0.0821 e. The van der Waals surface area contributed by atoms with Gasteiger partial charge in [0.2, 0.25) is 0 Å². The molecule has 1 aromatic carbocycles. The number of aromatic amines is 1. The van der Waals surface area contributed by atoms with Crippen molar-refractivity contribution in [1.82, 2.24) is 10.2 Å². The zero-order valence-corrected chi connectivity index (χ0v) is 11.2. The van der Waals surface area contributed by atoms with Crippen LogP contribution in [0.25, 0.3) is 10.9 Å². The van der Waals surface area contributed by atoms with Gasteiger partial charge in [0.05, 0.1) is 28.7 Å². The van der Waals surface area contributed by atoms with E-state index in [-0.39, 0.29) is 0 Å². The lowest BCUT2D eigenvalue weighted by atomic mass is 10.0. The largest absolute Gasteiger partial charge is 0.397 e. The number of aromatic nitrogens is 2. The highest BCUT2D eigenvalue weighted by atomic mass is 16.3. The normalized spacial score (nSPS) is 18.0. The number of rotatable bonds is 3. The fourth-order valence-electron chi connectivity index (χ4n) is 3.05. The Balaban J connectivity index is 1.87. The van der Waals surface area contributed by atoms with E-state index >= 15 is 0 Å². The van der Waals surface area contributed by atoms with E-state index in [0.717, 1.165) is 48.0 Å². The van der Waals surface area contributed by atoms with Gasteiger partial charge in [-0.15, -0.1) is 0 Å². The molecule has 1 aliphatic carbocycles. The Morgan fingerprint density at radius 1 is 1.42 bits per heavy atom. The molecule has 4 N–H and O–H groups in total. The van der Waals surface area contributed by atoms with Gasteiger partial charge in [0.15, 0.2) is 0 Å². The van der Waals surface area contributed by atoms with Crippen LogP contribution in [0, 0.1) is 0 Å². The average Bonchev–Trinajstić information content (AvgIpc) is 2.96. The number of anilines is 2. The Kier molecular flexibility index (Phi) is 2.86. The number of nitrogens with one attached hydrogen (secondary N) is 1. The van der Waals surface area contributed by atoms with Crippen LogP contribution >= 0.6 is 0 Å². The Bertz CT molecular complexity index is 586. The lowest BCUT2D eigenvalue weighted by molar-refractivity contribution is 0.0559. The second-order valence-corrected chi connectivity index (χ2v) is 5.66. The molecule has 1 fully saturated rings. The van der Waals surface area contributed by atoms with Gasteiger partial charge in [-0.25, -0.2) is 0 Å². The standard InChI is InChI=1S/C14H20N4O/c1-18(9-14(19)4-2-3-5-14)13-7-12-10(6-11(13)15)8-16-17-12/h6-8,19H,2-5,9,15H2,1H3,(H,16,17). The van der Waals surface area contributed by atoms with Crippen LogP contribution in [0.1, 0.15) is 25.7 Å². The van der Waals surface area contributed by atoms with Gasteiger partial charge in [0, 0.05) is 19.0 Å². The van der Waals surface area contributed by atoms with Gasteiger partial charge in [-0.1, -0.05) is 12.8 Å². The van der Waals surface area contributed by atoms with Crippen molar-refractivity contribution in [3.8, 4) is 0 Å². The van der Waals surface area contributed by atoms with E-state index in [4.69, 9.17) is 5.73 Å². The van der Waals surface area contributed by atoms with E-state index in [1.807, 2.05) is 24.1 Å². The monoisotopic (exact) mass is 260 g/mol. The van der Waals surface area contributed by atoms with E-state index in [0.29, 0.717) is 6.54 Å². The molecule has 0 bridgehead atoms. The summed E-state index contributed by atoms with van der Waals surface area (Å²) in [5.74, 6) is 0. The molecular formula is C14H20N4O. The van der Waals surface area contributed by atoms with Gasteiger partial charge in [0.25, 0.3) is 0 Å². The molecule has 1 aromatic heterocycles. The number of aliphatic hydroxyl groups is 1. The van der Waals surface area contributed by atoms with Crippen LogP contribution in [-0.4, -0.2) is 34.5 Å². The number of nitrogens with zero attached hydrogens (tertiary/aromatic N) is 2. The molecule has 5 nitrogen and oxygen atoms in total. The number of hydrogen-bond acceptors (Lipinski definition) is 4. The first-order valence-corrected chi connectivity index (χ1v) is 6.74. The molecule has 0 atom stereocenters. The van der Waals surface area contributed by atoms with Crippen molar-refractivity contribution in [3.63, 3.8) is 0 Å². The third-order valence-corrected chi connectivity index (χ3v) is 4.06. The van der Waals surface area contributed by atoms with Gasteiger partial charge in [-0.2, -0.15) is 5.10 Å². The van der Waals surface area contributed by atoms with Gasteiger partial charge in [0.1, 0.15) is 0 Å². The fourth-order valence-corrected chi connectivity index (χ4v) is 3.05. The summed E-state index contributed by atoms with van der Waals surface area (Å²) < 4.78 is 0. The minimum Gasteiger partial charge on any atom is -0.397 e. The highest BCUT2D eigenvalue weighted by Crippen LogP contribution is 2.33. The molecular weight excluding hydrogens is 240 g/mol. The van der Waals surface area contributed by atoms with Gasteiger partial charge in [-0.3, -0.25) is 5.10 Å². The molecule has 3 rings (SSSR count). The highest BCUT2D eigenvalue weighted by molar-refractivity contribution is 5.88. The number of H-pyrrole nitrogens is 1. The molecule has 2 aromatic rings. The molecule has 1 aliphatic rings. The first-order valence-electron chi connectivity index (χ1n) is 6.74. The van der Waals surface area contributed by atoms with Gasteiger partial charge >= 0.3 is 0 Å². The Hall–Kier alpha value is -1.75. The predicted molar refractivity (Wildman–Crippen MR) is 77.2 cm³/mol. The van der Waals surface area contributed by atoms with Crippen molar-refractivity contribution in [2.24, 2.45) is 0 Å². The van der Waals surface area contributed by atoms with Crippen LogP contribution < -0.4 is 10.6 Å². The van der Waals surface area contributed by atoms with E-state index < -0.39 is 5.60 Å². The van der Waals surface area contributed by atoms with Crippen molar-refractivity contribution in [3.05, 3.63) is 18.3 Å². The number of fused-ring (bicyclic) bond motifs is 1. The summed E-state index contributed by atoms with van der Waals surface area (Å²) in [7, 11) is 1.98. The lowest BCUT2D eigenvalue weighted by Crippen LogP contribution is -2.39. The predicted octanol–water partition coefficient (Wildman–Crippen LogP) is 1.89. The quantitative estimate of drug-likeness (QED) is 0.736. The van der Waals surface area contributed by atoms with Gasteiger partial charge < -0.3 is 15.7 Å². The third kappa shape index (κ3) is 2.26. The highest BCUT2D eigenvalue weighted by Gasteiger charge is 2.32. The molecule has 0 spiro atoms. The summed E-state index contributed by atoms with van der Waals surface area (Å²) in [5, 5.41) is 18.5. The summed E-state index contributed by atoms with van der Waals surface area (Å²) in [4.78, 5) is 2.04. The fraction of sp³-hybridized carbons (Fsp3) is 0.500. The lowest BCUT2D eigenvalue weighted by Gasteiger charge is -2.30. The van der Waals surface area contributed by atoms with E-state index in [2.05, 4.69) is 10.2 Å². The van der Waals surface area contributed by atoms with Crippen LogP contribution in [0.2, 0.25) is 0 Å². The molecule has 0 amide bonds. The van der Waals surface area contributed by atoms with E-state index in [1.165, 1.54) is 0 Å². The Morgan fingerprint density at radius 3 is 2.89 bits per heavy atom. The number of likely N-dealkylation sites (N-methyl/N-ethyl adjacent to an activating group) is 1. The summed E-state index contributed by atoms with van der Waals surface area (Å²) in [6.45, 7) is 0.622.